The summed E-state index contributed by atoms with van der Waals surface area (Å²) in [5.41, 5.74) is 4.72. The minimum atomic E-state index is -0.170. The number of aryl methyl sites for hydroxylation is 1. The zero-order chi connectivity index (χ0) is 21.4. The molecule has 0 radical (unpaired) electrons. The zero-order valence-electron chi connectivity index (χ0n) is 17.4. The zero-order valence-corrected chi connectivity index (χ0v) is 17.4. The maximum absolute atomic E-state index is 12.8. The first kappa shape index (κ1) is 19.2. The highest BCUT2D eigenvalue weighted by atomic mass is 16.5. The summed E-state index contributed by atoms with van der Waals surface area (Å²) in [5.74, 6) is 2.19. The third-order valence-electron chi connectivity index (χ3n) is 5.48. The minimum absolute atomic E-state index is 0.132. The molecule has 0 N–H and O–H groups in total. The third-order valence-corrected chi connectivity index (χ3v) is 5.48. The van der Waals surface area contributed by atoms with Gasteiger partial charge in [0, 0.05) is 11.6 Å². The largest absolute Gasteiger partial charge is 0.489 e. The van der Waals surface area contributed by atoms with Gasteiger partial charge in [0.25, 0.3) is 0 Å². The van der Waals surface area contributed by atoms with Gasteiger partial charge in [0.1, 0.15) is 30.0 Å². The van der Waals surface area contributed by atoms with Crippen LogP contribution in [0.2, 0.25) is 0 Å². The van der Waals surface area contributed by atoms with Gasteiger partial charge < -0.3 is 14.2 Å². The molecular weight excluding hydrogens is 388 g/mol. The molecule has 2 aliphatic rings. The molecule has 0 bridgehead atoms. The van der Waals surface area contributed by atoms with Crippen molar-refractivity contribution in [3.05, 3.63) is 106 Å². The number of hydrogen-bond donors (Lipinski definition) is 0. The first-order valence-corrected chi connectivity index (χ1v) is 10.3. The molecule has 0 spiro atoms. The van der Waals surface area contributed by atoms with E-state index in [9.17, 15) is 4.79 Å². The molecule has 0 unspecified atom stereocenters. The number of fused-ring (bicyclic) bond motifs is 2. The molecule has 5 rings (SSSR count). The summed E-state index contributed by atoms with van der Waals surface area (Å²) in [6.07, 6.45) is 3.64. The van der Waals surface area contributed by atoms with Gasteiger partial charge in [-0.15, -0.1) is 0 Å². The van der Waals surface area contributed by atoms with E-state index in [1.165, 1.54) is 5.56 Å². The fourth-order valence-electron chi connectivity index (χ4n) is 3.68. The van der Waals surface area contributed by atoms with Crippen LogP contribution in [-0.4, -0.2) is 11.9 Å². The summed E-state index contributed by atoms with van der Waals surface area (Å²) < 4.78 is 17.8. The first-order valence-electron chi connectivity index (χ1n) is 10.3. The number of benzene rings is 3. The Morgan fingerprint density at radius 3 is 2.65 bits per heavy atom. The third kappa shape index (κ3) is 3.84. The first-order chi connectivity index (χ1) is 15.1. The second kappa shape index (κ2) is 7.80. The van der Waals surface area contributed by atoms with E-state index in [1.807, 2.05) is 49.4 Å². The molecule has 3 aromatic carbocycles. The van der Waals surface area contributed by atoms with Crippen LogP contribution in [-0.2, 0) is 6.61 Å². The van der Waals surface area contributed by atoms with Crippen LogP contribution in [0.5, 0.6) is 17.2 Å². The van der Waals surface area contributed by atoms with Crippen LogP contribution in [0.1, 0.15) is 34.0 Å². The van der Waals surface area contributed by atoms with Crippen molar-refractivity contribution in [2.45, 2.75) is 26.6 Å². The van der Waals surface area contributed by atoms with E-state index in [4.69, 9.17) is 14.2 Å². The minimum Gasteiger partial charge on any atom is -0.489 e. The smallest absolute Gasteiger partial charge is 0.231 e. The Balaban J connectivity index is 1.35. The van der Waals surface area contributed by atoms with Gasteiger partial charge in [-0.1, -0.05) is 48.0 Å². The molecule has 2 aliphatic heterocycles. The van der Waals surface area contributed by atoms with Crippen LogP contribution in [0.3, 0.4) is 0 Å². The van der Waals surface area contributed by atoms with Gasteiger partial charge in [0.15, 0.2) is 5.76 Å². The van der Waals surface area contributed by atoms with Gasteiger partial charge in [-0.2, -0.15) is 0 Å². The van der Waals surface area contributed by atoms with Gasteiger partial charge in [-0.05, 0) is 55.3 Å². The Labute approximate surface area is 181 Å². The Bertz CT molecular complexity index is 1220. The van der Waals surface area contributed by atoms with Gasteiger partial charge in [0.05, 0.1) is 5.56 Å². The molecule has 0 aromatic heterocycles. The average Bonchev–Trinajstić information content (AvgIpc) is 3.08. The van der Waals surface area contributed by atoms with Gasteiger partial charge >= 0.3 is 0 Å². The van der Waals surface area contributed by atoms with Crippen LogP contribution in [0.4, 0.5) is 0 Å². The van der Waals surface area contributed by atoms with Gasteiger partial charge in [-0.3, -0.25) is 4.79 Å². The Morgan fingerprint density at radius 1 is 1.00 bits per heavy atom. The molecule has 31 heavy (non-hydrogen) atoms. The second-order valence-corrected chi connectivity index (χ2v) is 7.81. The lowest BCUT2D eigenvalue weighted by Gasteiger charge is -2.22. The monoisotopic (exact) mass is 410 g/mol. The van der Waals surface area contributed by atoms with Crippen molar-refractivity contribution in [1.82, 2.24) is 0 Å². The number of hydrogen-bond acceptors (Lipinski definition) is 4. The number of rotatable bonds is 4. The van der Waals surface area contributed by atoms with E-state index in [-0.39, 0.29) is 11.9 Å². The number of ketones is 1. The topological polar surface area (TPSA) is 44.8 Å². The number of allylic oxidation sites excluding steroid dienone is 1. The fraction of sp³-hybridized carbons (Fsp3) is 0.148. The Hall–Kier alpha value is -3.79. The Kier molecular flexibility index (Phi) is 4.83. The number of carbonyl (C=O) groups is 1. The second-order valence-electron chi connectivity index (χ2n) is 7.81. The van der Waals surface area contributed by atoms with Crippen LogP contribution < -0.4 is 14.2 Å². The SMILES string of the molecule is Cc1ccc(COc2ccc3c(c2)OC(=CC2=Cc4ccccc4O[C@H]2C)C3=O)cc1. The lowest BCUT2D eigenvalue weighted by Crippen LogP contribution is -2.18. The Morgan fingerprint density at radius 2 is 1.81 bits per heavy atom. The molecule has 0 fully saturated rings. The van der Waals surface area contributed by atoms with E-state index in [1.54, 1.807) is 24.3 Å². The van der Waals surface area contributed by atoms with E-state index < -0.39 is 0 Å². The molecule has 3 aromatic rings. The lowest BCUT2D eigenvalue weighted by molar-refractivity contribution is 0.101. The molecule has 4 nitrogen and oxygen atoms in total. The molecule has 0 saturated heterocycles. The van der Waals surface area contributed by atoms with Crippen molar-refractivity contribution < 1.29 is 19.0 Å². The van der Waals surface area contributed by atoms with Crippen molar-refractivity contribution in [2.75, 3.05) is 0 Å². The number of carbonyl (C=O) groups excluding carboxylic acids is 1. The molecule has 0 amide bonds. The summed E-state index contributed by atoms with van der Waals surface area (Å²) >= 11 is 0. The number of para-hydroxylation sites is 1. The maximum Gasteiger partial charge on any atom is 0.231 e. The summed E-state index contributed by atoms with van der Waals surface area (Å²) in [7, 11) is 0. The quantitative estimate of drug-likeness (QED) is 0.503. The van der Waals surface area contributed by atoms with Crippen LogP contribution in [0.25, 0.3) is 6.08 Å². The van der Waals surface area contributed by atoms with Crippen molar-refractivity contribution in [3.63, 3.8) is 0 Å². The van der Waals surface area contributed by atoms with E-state index in [0.29, 0.717) is 29.4 Å². The van der Waals surface area contributed by atoms with Crippen molar-refractivity contribution in [2.24, 2.45) is 0 Å². The number of ether oxygens (including phenoxy) is 3. The normalized spacial score (nSPS) is 18.0. The van der Waals surface area contributed by atoms with Crippen LogP contribution >= 0.6 is 0 Å². The molecule has 1 atom stereocenters. The summed E-state index contributed by atoms with van der Waals surface area (Å²) in [6, 6.07) is 21.4. The summed E-state index contributed by atoms with van der Waals surface area (Å²) in [5, 5.41) is 0. The van der Waals surface area contributed by atoms with Crippen molar-refractivity contribution in [3.8, 4) is 17.2 Å². The maximum atomic E-state index is 12.8. The molecule has 4 heteroatoms. The summed E-state index contributed by atoms with van der Waals surface area (Å²) in [4.78, 5) is 12.8. The molecule has 0 saturated carbocycles. The predicted octanol–water partition coefficient (Wildman–Crippen LogP) is 5.90. The molecular formula is C27H22O4. The van der Waals surface area contributed by atoms with E-state index >= 15 is 0 Å². The predicted molar refractivity (Wildman–Crippen MR) is 120 cm³/mol. The lowest BCUT2D eigenvalue weighted by atomic mass is 10.0. The van der Waals surface area contributed by atoms with Gasteiger partial charge in [-0.25, -0.2) is 0 Å². The van der Waals surface area contributed by atoms with Crippen molar-refractivity contribution >= 4 is 11.9 Å². The standard InChI is InChI=1S/C27H22O4/c1-17-7-9-19(10-8-17)16-29-22-11-12-23-25(15-22)31-26(27(23)28)14-21-13-20-5-3-4-6-24(20)30-18(21)2/h3-15,18H,16H2,1-2H3/t18-/m0/s1. The number of Topliss-reactive ketones (excluding diaryl/α,β-unsaturated/α-hetero) is 1. The van der Waals surface area contributed by atoms with Gasteiger partial charge in [0.2, 0.25) is 5.78 Å². The highest BCUT2D eigenvalue weighted by Crippen LogP contribution is 2.36. The summed E-state index contributed by atoms with van der Waals surface area (Å²) in [6.45, 7) is 4.47. The van der Waals surface area contributed by atoms with Crippen LogP contribution in [0.15, 0.2) is 84.1 Å². The van der Waals surface area contributed by atoms with Crippen molar-refractivity contribution in [1.29, 1.82) is 0 Å². The van der Waals surface area contributed by atoms with E-state index in [2.05, 4.69) is 19.1 Å². The fourth-order valence-corrected chi connectivity index (χ4v) is 3.68. The van der Waals surface area contributed by atoms with Crippen LogP contribution in [0, 0.1) is 6.92 Å². The van der Waals surface area contributed by atoms with E-state index in [0.717, 1.165) is 22.4 Å². The molecule has 154 valence electrons. The molecule has 0 aliphatic carbocycles. The average molecular weight is 410 g/mol. The highest BCUT2D eigenvalue weighted by Gasteiger charge is 2.29. The molecule has 2 heterocycles. The highest BCUT2D eigenvalue weighted by molar-refractivity contribution is 6.12.